The van der Waals surface area contributed by atoms with E-state index in [9.17, 15) is 0 Å². The zero-order chi connectivity index (χ0) is 11.9. The van der Waals surface area contributed by atoms with Gasteiger partial charge in [0.1, 0.15) is 11.0 Å². The van der Waals surface area contributed by atoms with Gasteiger partial charge in [-0.05, 0) is 6.07 Å². The number of aromatic nitrogens is 4. The molecule has 0 saturated heterocycles. The number of benzene rings is 2. The summed E-state index contributed by atoms with van der Waals surface area (Å²) in [6.07, 6.45) is 1.83. The van der Waals surface area contributed by atoms with E-state index < -0.39 is 0 Å². The first kappa shape index (κ1) is 9.73. The van der Waals surface area contributed by atoms with E-state index in [1.165, 1.54) is 11.7 Å². The third-order valence-corrected chi connectivity index (χ3v) is 3.60. The maximum atomic E-state index is 4.38. The van der Waals surface area contributed by atoms with Crippen LogP contribution in [-0.2, 0) is 0 Å². The molecule has 0 aliphatic carbocycles. The van der Waals surface area contributed by atoms with Crippen LogP contribution in [0.4, 0.5) is 0 Å². The molecule has 0 aliphatic heterocycles. The summed E-state index contributed by atoms with van der Waals surface area (Å²) in [4.78, 5) is 0. The van der Waals surface area contributed by atoms with Crippen LogP contribution >= 0.6 is 11.7 Å². The molecule has 4 aromatic rings. The molecular weight excluding hydrogens is 244 g/mol. The van der Waals surface area contributed by atoms with E-state index in [-0.39, 0.29) is 0 Å². The molecule has 0 saturated carbocycles. The molecule has 4 rings (SSSR count). The number of aromatic amines is 1. The van der Waals surface area contributed by atoms with Crippen molar-refractivity contribution in [2.75, 3.05) is 0 Å². The van der Waals surface area contributed by atoms with Crippen LogP contribution in [0, 0.1) is 0 Å². The molecular formula is C13H8N4S. The van der Waals surface area contributed by atoms with Crippen molar-refractivity contribution in [1.29, 1.82) is 0 Å². The van der Waals surface area contributed by atoms with E-state index in [1.54, 1.807) is 0 Å². The minimum Gasteiger partial charge on any atom is -0.277 e. The standard InChI is InChI=1S/C13H8N4S/c1-3-8-7-14-15-12(8)9(4-1)10-5-2-6-11-13(10)17-18-16-11/h1-7H,(H,14,15). The molecule has 0 radical (unpaired) electrons. The number of hydrogen-bond acceptors (Lipinski definition) is 4. The molecule has 4 nitrogen and oxygen atoms in total. The van der Waals surface area contributed by atoms with E-state index in [4.69, 9.17) is 0 Å². The minimum absolute atomic E-state index is 0.939. The number of nitrogens with zero attached hydrogens (tertiary/aromatic N) is 3. The van der Waals surface area contributed by atoms with Crippen molar-refractivity contribution < 1.29 is 0 Å². The van der Waals surface area contributed by atoms with Gasteiger partial charge in [0, 0.05) is 16.5 Å². The molecule has 0 atom stereocenters. The smallest absolute Gasteiger partial charge is 0.112 e. The average Bonchev–Trinajstić information content (AvgIpc) is 3.06. The Hall–Kier alpha value is -2.27. The summed E-state index contributed by atoms with van der Waals surface area (Å²) in [7, 11) is 0. The van der Waals surface area contributed by atoms with Crippen molar-refractivity contribution in [3.8, 4) is 11.1 Å². The minimum atomic E-state index is 0.939. The fraction of sp³-hybridized carbons (Fsp3) is 0. The van der Waals surface area contributed by atoms with Crippen LogP contribution in [0.15, 0.2) is 42.6 Å². The van der Waals surface area contributed by atoms with Crippen LogP contribution in [0.2, 0.25) is 0 Å². The molecule has 1 N–H and O–H groups in total. The van der Waals surface area contributed by atoms with E-state index in [2.05, 4.69) is 31.1 Å². The van der Waals surface area contributed by atoms with Gasteiger partial charge in [-0.1, -0.05) is 30.3 Å². The van der Waals surface area contributed by atoms with Gasteiger partial charge < -0.3 is 0 Å². The van der Waals surface area contributed by atoms with E-state index in [1.807, 2.05) is 30.5 Å². The Labute approximate surface area is 107 Å². The summed E-state index contributed by atoms with van der Waals surface area (Å²) in [6, 6.07) is 12.2. The van der Waals surface area contributed by atoms with Crippen molar-refractivity contribution in [3.05, 3.63) is 42.6 Å². The highest BCUT2D eigenvalue weighted by Gasteiger charge is 2.10. The average molecular weight is 252 g/mol. The van der Waals surface area contributed by atoms with Gasteiger partial charge in [0.2, 0.25) is 0 Å². The number of nitrogens with one attached hydrogen (secondary N) is 1. The van der Waals surface area contributed by atoms with Crippen LogP contribution in [-0.4, -0.2) is 18.9 Å². The molecule has 86 valence electrons. The summed E-state index contributed by atoms with van der Waals surface area (Å²) < 4.78 is 8.66. The molecule has 18 heavy (non-hydrogen) atoms. The molecule has 0 unspecified atom stereocenters. The summed E-state index contributed by atoms with van der Waals surface area (Å²) in [5, 5.41) is 8.25. The summed E-state index contributed by atoms with van der Waals surface area (Å²) >= 11 is 1.24. The maximum Gasteiger partial charge on any atom is 0.112 e. The predicted octanol–water partition coefficient (Wildman–Crippen LogP) is 3.23. The lowest BCUT2D eigenvalue weighted by Crippen LogP contribution is -1.83. The SMILES string of the molecule is c1cc(-c2cccc3nsnc23)c2[nH]ncc2c1. The number of hydrogen-bond donors (Lipinski definition) is 1. The lowest BCUT2D eigenvalue weighted by Gasteiger charge is -2.03. The monoisotopic (exact) mass is 252 g/mol. The first-order chi connectivity index (χ1) is 8.93. The molecule has 0 amide bonds. The van der Waals surface area contributed by atoms with Gasteiger partial charge in [0.05, 0.1) is 23.4 Å². The molecule has 2 heterocycles. The summed E-state index contributed by atoms with van der Waals surface area (Å²) in [6.45, 7) is 0. The number of fused-ring (bicyclic) bond motifs is 2. The van der Waals surface area contributed by atoms with Crippen LogP contribution in [0.25, 0.3) is 33.1 Å². The third-order valence-electron chi connectivity index (χ3n) is 3.05. The zero-order valence-corrected chi connectivity index (χ0v) is 10.1. The van der Waals surface area contributed by atoms with Gasteiger partial charge in [-0.15, -0.1) is 0 Å². The number of rotatable bonds is 1. The van der Waals surface area contributed by atoms with Gasteiger partial charge >= 0.3 is 0 Å². The van der Waals surface area contributed by atoms with Crippen molar-refractivity contribution in [2.45, 2.75) is 0 Å². The highest BCUT2D eigenvalue weighted by molar-refractivity contribution is 7.00. The first-order valence-corrected chi connectivity index (χ1v) is 6.30. The van der Waals surface area contributed by atoms with Gasteiger partial charge in [-0.25, -0.2) is 0 Å². The van der Waals surface area contributed by atoms with Crippen LogP contribution < -0.4 is 0 Å². The first-order valence-electron chi connectivity index (χ1n) is 5.57. The van der Waals surface area contributed by atoms with Crippen molar-refractivity contribution in [2.24, 2.45) is 0 Å². The van der Waals surface area contributed by atoms with Gasteiger partial charge in [-0.3, -0.25) is 5.10 Å². The Morgan fingerprint density at radius 2 is 1.83 bits per heavy atom. The van der Waals surface area contributed by atoms with Gasteiger partial charge in [0.25, 0.3) is 0 Å². The van der Waals surface area contributed by atoms with Crippen LogP contribution in [0.3, 0.4) is 0 Å². The third kappa shape index (κ3) is 1.28. The Balaban J connectivity index is 2.13. The Morgan fingerprint density at radius 1 is 0.944 bits per heavy atom. The van der Waals surface area contributed by atoms with Crippen molar-refractivity contribution in [1.82, 2.24) is 18.9 Å². The van der Waals surface area contributed by atoms with E-state index in [0.717, 1.165) is 33.1 Å². The predicted molar refractivity (Wildman–Crippen MR) is 72.5 cm³/mol. The molecule has 0 fully saturated rings. The molecule has 0 spiro atoms. The fourth-order valence-corrected chi connectivity index (χ4v) is 2.77. The van der Waals surface area contributed by atoms with Crippen molar-refractivity contribution in [3.63, 3.8) is 0 Å². The summed E-state index contributed by atoms with van der Waals surface area (Å²) in [5.74, 6) is 0. The highest BCUT2D eigenvalue weighted by Crippen LogP contribution is 2.31. The van der Waals surface area contributed by atoms with E-state index >= 15 is 0 Å². The molecule has 2 aromatic heterocycles. The number of para-hydroxylation sites is 1. The second kappa shape index (κ2) is 3.61. The van der Waals surface area contributed by atoms with Gasteiger partial charge in [0.15, 0.2) is 0 Å². The fourth-order valence-electron chi connectivity index (χ4n) is 2.22. The molecule has 0 aliphatic rings. The van der Waals surface area contributed by atoms with Crippen LogP contribution in [0.1, 0.15) is 0 Å². The normalized spacial score (nSPS) is 11.3. The Morgan fingerprint density at radius 3 is 2.83 bits per heavy atom. The second-order valence-corrected chi connectivity index (χ2v) is 4.61. The lowest BCUT2D eigenvalue weighted by atomic mass is 10.0. The Kier molecular flexibility index (Phi) is 1.95. The van der Waals surface area contributed by atoms with E-state index in [0.29, 0.717) is 0 Å². The molecule has 5 heteroatoms. The lowest BCUT2D eigenvalue weighted by molar-refractivity contribution is 1.12. The highest BCUT2D eigenvalue weighted by atomic mass is 32.1. The molecule has 0 bridgehead atoms. The topological polar surface area (TPSA) is 54.5 Å². The van der Waals surface area contributed by atoms with Crippen molar-refractivity contribution >= 4 is 33.7 Å². The largest absolute Gasteiger partial charge is 0.277 e. The second-order valence-electron chi connectivity index (χ2n) is 4.08. The summed E-state index contributed by atoms with van der Waals surface area (Å²) in [5.41, 5.74) is 5.14. The zero-order valence-electron chi connectivity index (χ0n) is 9.29. The Bertz CT molecular complexity index is 774. The van der Waals surface area contributed by atoms with Gasteiger partial charge in [-0.2, -0.15) is 13.8 Å². The number of H-pyrrole nitrogens is 1. The maximum absolute atomic E-state index is 4.38. The van der Waals surface area contributed by atoms with Crippen LogP contribution in [0.5, 0.6) is 0 Å². The molecule has 2 aromatic carbocycles. The quantitative estimate of drug-likeness (QED) is 0.566.